The molecule has 0 spiro atoms. The molecule has 10 aromatic rings. The maximum atomic E-state index is 6.17. The third kappa shape index (κ3) is 6.26. The van der Waals surface area contributed by atoms with Crippen LogP contribution in [0.2, 0.25) is 0 Å². The van der Waals surface area contributed by atoms with Gasteiger partial charge in [0.05, 0.1) is 0 Å². The summed E-state index contributed by atoms with van der Waals surface area (Å²) in [4.78, 5) is 0. The summed E-state index contributed by atoms with van der Waals surface area (Å²) in [6, 6.07) is 73.8. The smallest absolute Gasteiger partial charge is 0.136 e. The van der Waals surface area contributed by atoms with Crippen LogP contribution in [0.3, 0.4) is 0 Å². The average Bonchev–Trinajstić information content (AvgIpc) is 3.77. The number of para-hydroxylation sites is 1. The van der Waals surface area contributed by atoms with Crippen molar-refractivity contribution in [1.29, 1.82) is 0 Å². The molecule has 1 heteroatoms. The number of aryl methyl sites for hydroxylation is 1. The maximum absolute atomic E-state index is 6.17. The van der Waals surface area contributed by atoms with Crippen molar-refractivity contribution in [2.24, 2.45) is 0 Å². The van der Waals surface area contributed by atoms with Gasteiger partial charge in [-0.2, -0.15) is 0 Å². The van der Waals surface area contributed by atoms with Crippen molar-refractivity contribution in [3.05, 3.63) is 228 Å². The molecule has 0 aliphatic heterocycles. The number of fused-ring (bicyclic) bond motifs is 7. The minimum absolute atomic E-state index is 0.102. The fraction of sp³-hybridized carbons (Fsp3) is 0.103. The molecule has 0 saturated heterocycles. The van der Waals surface area contributed by atoms with Crippen LogP contribution in [0.5, 0.6) is 0 Å². The van der Waals surface area contributed by atoms with Gasteiger partial charge in [-0.1, -0.05) is 190 Å². The Morgan fingerprint density at radius 3 is 1.75 bits per heavy atom. The molecule has 0 fully saturated rings. The van der Waals surface area contributed by atoms with Crippen LogP contribution in [0.15, 0.2) is 205 Å². The van der Waals surface area contributed by atoms with Gasteiger partial charge >= 0.3 is 0 Å². The summed E-state index contributed by atoms with van der Waals surface area (Å²) in [5, 5.41) is 4.90. The number of hydrogen-bond donors (Lipinski definition) is 0. The Labute approximate surface area is 346 Å². The van der Waals surface area contributed by atoms with Crippen LogP contribution in [0.1, 0.15) is 54.0 Å². The van der Waals surface area contributed by atoms with Crippen molar-refractivity contribution in [3.8, 4) is 44.5 Å². The first-order chi connectivity index (χ1) is 29.0. The quantitative estimate of drug-likeness (QED) is 0.150. The molecule has 282 valence electrons. The monoisotopic (exact) mass is 756 g/mol. The Morgan fingerprint density at radius 2 is 0.949 bits per heavy atom. The fourth-order valence-electron chi connectivity index (χ4n) is 9.67. The largest absolute Gasteiger partial charge is 0.456 e. The molecule has 0 bridgehead atoms. The molecule has 1 aromatic heterocycles. The van der Waals surface area contributed by atoms with E-state index in [0.717, 1.165) is 40.3 Å². The molecule has 0 N–H and O–H groups in total. The lowest BCUT2D eigenvalue weighted by Crippen LogP contribution is -2.16. The minimum Gasteiger partial charge on any atom is -0.456 e. The van der Waals surface area contributed by atoms with Crippen LogP contribution in [-0.2, 0) is 11.8 Å². The maximum Gasteiger partial charge on any atom is 0.136 e. The lowest BCUT2D eigenvalue weighted by atomic mass is 9.79. The zero-order chi connectivity index (χ0) is 39.5. The van der Waals surface area contributed by atoms with Gasteiger partial charge in [-0.15, -0.1) is 0 Å². The summed E-state index contributed by atoms with van der Waals surface area (Å²) in [5.41, 5.74) is 18.8. The van der Waals surface area contributed by atoms with E-state index in [1.165, 1.54) is 77.5 Å². The topological polar surface area (TPSA) is 13.1 Å². The van der Waals surface area contributed by atoms with Crippen LogP contribution < -0.4 is 0 Å². The normalized spacial score (nSPS) is 13.5. The van der Waals surface area contributed by atoms with Crippen LogP contribution >= 0.6 is 0 Å². The Kier molecular flexibility index (Phi) is 8.45. The highest BCUT2D eigenvalue weighted by Crippen LogP contribution is 2.51. The Hall–Kier alpha value is -6.96. The third-order valence-corrected chi connectivity index (χ3v) is 13.0. The van der Waals surface area contributed by atoms with E-state index in [1.54, 1.807) is 0 Å². The van der Waals surface area contributed by atoms with Crippen molar-refractivity contribution in [2.75, 3.05) is 0 Å². The highest BCUT2D eigenvalue weighted by Gasteiger charge is 2.36. The van der Waals surface area contributed by atoms with Gasteiger partial charge in [0.1, 0.15) is 11.2 Å². The van der Waals surface area contributed by atoms with Crippen LogP contribution in [0.4, 0.5) is 0 Å². The van der Waals surface area contributed by atoms with E-state index in [4.69, 9.17) is 4.42 Å². The van der Waals surface area contributed by atoms with Gasteiger partial charge in [0.15, 0.2) is 0 Å². The van der Waals surface area contributed by atoms with Gasteiger partial charge in [0.2, 0.25) is 0 Å². The molecule has 1 atom stereocenters. The van der Waals surface area contributed by atoms with Gasteiger partial charge in [0.25, 0.3) is 0 Å². The van der Waals surface area contributed by atoms with E-state index in [0.29, 0.717) is 0 Å². The summed E-state index contributed by atoms with van der Waals surface area (Å²) >= 11 is 0. The van der Waals surface area contributed by atoms with Crippen molar-refractivity contribution < 1.29 is 4.42 Å². The molecule has 1 aliphatic rings. The first-order valence-corrected chi connectivity index (χ1v) is 20.9. The van der Waals surface area contributed by atoms with E-state index in [2.05, 4.69) is 202 Å². The van der Waals surface area contributed by atoms with E-state index in [1.807, 2.05) is 12.1 Å². The average molecular weight is 757 g/mol. The zero-order valence-electron chi connectivity index (χ0n) is 33.5. The number of benzene rings is 9. The van der Waals surface area contributed by atoms with Gasteiger partial charge in [-0.3, -0.25) is 0 Å². The second kappa shape index (κ2) is 14.1. The number of hydrogen-bond acceptors (Lipinski definition) is 1. The molecule has 1 nitrogen and oxygen atoms in total. The first-order valence-electron chi connectivity index (χ1n) is 20.9. The minimum atomic E-state index is -0.102. The molecule has 0 amide bonds. The molecule has 1 aliphatic carbocycles. The molecule has 1 heterocycles. The van der Waals surface area contributed by atoms with Crippen molar-refractivity contribution in [2.45, 2.75) is 38.0 Å². The fourth-order valence-corrected chi connectivity index (χ4v) is 9.67. The lowest BCUT2D eigenvalue weighted by molar-refractivity contribution is 0.654. The predicted molar refractivity (Wildman–Crippen MR) is 248 cm³/mol. The van der Waals surface area contributed by atoms with Crippen LogP contribution in [0, 0.1) is 0 Å². The summed E-state index contributed by atoms with van der Waals surface area (Å²) < 4.78 is 6.17. The van der Waals surface area contributed by atoms with E-state index < -0.39 is 0 Å². The van der Waals surface area contributed by atoms with Crippen molar-refractivity contribution in [1.82, 2.24) is 0 Å². The Bertz CT molecular complexity index is 3160. The number of furan rings is 1. The van der Waals surface area contributed by atoms with E-state index in [-0.39, 0.29) is 11.3 Å². The van der Waals surface area contributed by atoms with Gasteiger partial charge < -0.3 is 4.42 Å². The molecule has 59 heavy (non-hydrogen) atoms. The van der Waals surface area contributed by atoms with Crippen LogP contribution in [0.25, 0.3) is 77.2 Å². The lowest BCUT2D eigenvalue weighted by Gasteiger charge is -2.25. The Balaban J connectivity index is 0.863. The SMILES string of the molecule is CC1(C)c2cc(-c3ccccc3)ccc2-c2ccc([C@@H](CCc3ccc(-c4ccc(-c5ccc6c(c5)oc5ccccc56)cc4)cc3)c3ccc4ccccc4c3)cc21. The summed E-state index contributed by atoms with van der Waals surface area (Å²) in [6.07, 6.45) is 2.01. The molecular formula is C58H44O. The molecule has 9 aromatic carbocycles. The second-order valence-corrected chi connectivity index (χ2v) is 16.8. The zero-order valence-corrected chi connectivity index (χ0v) is 33.5. The van der Waals surface area contributed by atoms with Crippen molar-refractivity contribution in [3.63, 3.8) is 0 Å². The summed E-state index contributed by atoms with van der Waals surface area (Å²) in [5.74, 6) is 0.260. The number of rotatable bonds is 8. The molecular weight excluding hydrogens is 713 g/mol. The Morgan fingerprint density at radius 1 is 0.407 bits per heavy atom. The van der Waals surface area contributed by atoms with Gasteiger partial charge in [-0.25, -0.2) is 0 Å². The molecule has 0 saturated carbocycles. The molecule has 0 unspecified atom stereocenters. The summed E-state index contributed by atoms with van der Waals surface area (Å²) in [7, 11) is 0. The van der Waals surface area contributed by atoms with Gasteiger partial charge in [-0.05, 0) is 120 Å². The van der Waals surface area contributed by atoms with Gasteiger partial charge in [0, 0.05) is 22.1 Å². The first kappa shape index (κ1) is 35.2. The summed E-state index contributed by atoms with van der Waals surface area (Å²) in [6.45, 7) is 4.80. The second-order valence-electron chi connectivity index (χ2n) is 16.8. The third-order valence-electron chi connectivity index (χ3n) is 13.0. The van der Waals surface area contributed by atoms with Crippen molar-refractivity contribution >= 4 is 32.7 Å². The highest BCUT2D eigenvalue weighted by molar-refractivity contribution is 6.05. The standard InChI is InChI=1S/C58H44O/c1-58(2)54-35-45(39-10-4-3-5-11-39)27-31-50(54)51-32-29-48(36-55(51)58)49(47-26-25-40-12-6-7-13-44(40)34-47)30-18-38-16-19-41(20-17-38)42-21-23-43(24-22-42)46-28-33-53-52-14-8-9-15-56(52)59-57(53)37-46/h3-17,19-29,31-37,49H,18,30H2,1-2H3/t49-/m0/s1. The molecule has 0 radical (unpaired) electrons. The molecule has 11 rings (SSSR count). The predicted octanol–water partition coefficient (Wildman–Crippen LogP) is 15.8. The van der Waals surface area contributed by atoms with E-state index in [9.17, 15) is 0 Å². The van der Waals surface area contributed by atoms with E-state index >= 15 is 0 Å². The highest BCUT2D eigenvalue weighted by atomic mass is 16.3. The van der Waals surface area contributed by atoms with Crippen LogP contribution in [-0.4, -0.2) is 0 Å².